The first kappa shape index (κ1) is 27.7. The van der Waals surface area contributed by atoms with Gasteiger partial charge in [-0.2, -0.15) is 0 Å². The van der Waals surface area contributed by atoms with Crippen LogP contribution < -0.4 is 20.4 Å². The maximum Gasteiger partial charge on any atom is 0.259 e. The van der Waals surface area contributed by atoms with Gasteiger partial charge in [-0.3, -0.25) is 19.8 Å². The molecule has 0 bridgehead atoms. The number of thiazole rings is 1. The molecule has 1 saturated carbocycles. The molecule has 3 fully saturated rings. The maximum absolute atomic E-state index is 13.2. The quantitative estimate of drug-likeness (QED) is 0.391. The van der Waals surface area contributed by atoms with Crippen LogP contribution in [-0.2, 0) is 4.79 Å². The van der Waals surface area contributed by atoms with E-state index in [-0.39, 0.29) is 18.4 Å². The predicted octanol–water partition coefficient (Wildman–Crippen LogP) is 5.22. The van der Waals surface area contributed by atoms with Gasteiger partial charge in [-0.25, -0.2) is 9.97 Å². The number of rotatable bonds is 6. The first-order chi connectivity index (χ1) is 19.4. The number of piperazine rings is 2. The van der Waals surface area contributed by atoms with Crippen LogP contribution in [0, 0.1) is 0 Å². The van der Waals surface area contributed by atoms with Crippen LogP contribution >= 0.6 is 45.9 Å². The second kappa shape index (κ2) is 12.2. The minimum Gasteiger partial charge on any atom is -0.359 e. The summed E-state index contributed by atoms with van der Waals surface area (Å²) in [5.41, 5.74) is 1.17. The minimum atomic E-state index is -0.337. The summed E-state index contributed by atoms with van der Waals surface area (Å²) in [6, 6.07) is 4.23. The van der Waals surface area contributed by atoms with Gasteiger partial charge in [0.1, 0.15) is 16.5 Å². The highest BCUT2D eigenvalue weighted by Crippen LogP contribution is 2.42. The molecule has 0 aromatic carbocycles. The largest absolute Gasteiger partial charge is 0.359 e. The Kier molecular flexibility index (Phi) is 8.45. The number of anilines is 3. The molecule has 5 heterocycles. The third kappa shape index (κ3) is 6.08. The number of amides is 2. The Morgan fingerprint density at radius 1 is 1.05 bits per heavy atom. The topological polar surface area (TPSA) is 93.7 Å². The second-order valence-electron chi connectivity index (χ2n) is 10.4. The number of halogens is 2. The van der Waals surface area contributed by atoms with E-state index in [9.17, 15) is 9.59 Å². The summed E-state index contributed by atoms with van der Waals surface area (Å²) in [5, 5.41) is 10.2. The molecule has 0 spiro atoms. The summed E-state index contributed by atoms with van der Waals surface area (Å²) in [6.07, 6.45) is 8.14. The third-order valence-corrected chi connectivity index (χ3v) is 10.3. The van der Waals surface area contributed by atoms with Crippen LogP contribution in [0.2, 0.25) is 10.0 Å². The lowest BCUT2D eigenvalue weighted by atomic mass is 9.94. The highest BCUT2D eigenvalue weighted by Gasteiger charge is 2.29. The molecule has 0 unspecified atom stereocenters. The summed E-state index contributed by atoms with van der Waals surface area (Å²) in [6.45, 7) is 5.23. The van der Waals surface area contributed by atoms with Crippen molar-refractivity contribution in [3.63, 3.8) is 0 Å². The van der Waals surface area contributed by atoms with Gasteiger partial charge < -0.3 is 15.1 Å². The van der Waals surface area contributed by atoms with E-state index in [0.717, 1.165) is 41.8 Å². The zero-order valence-electron chi connectivity index (χ0n) is 22.0. The number of hydrogen-bond acceptors (Lipinski definition) is 9. The standard InChI is InChI=1S/C27H31Cl2N7O2S2/c28-18-13-21(39-16-18)23-26(35-10-8-34(9-11-35)19-4-2-1-3-5-19)40-27(32-23)33-25(38)17-12-20(29)24(31-14-17)36-7-6-30-22(37)15-36/h12-14,16,19H,1-11,15H2,(H,30,37)(H,32,33,38). The Bertz CT molecular complexity index is 1380. The summed E-state index contributed by atoms with van der Waals surface area (Å²) in [4.78, 5) is 42.0. The van der Waals surface area contributed by atoms with Crippen molar-refractivity contribution in [2.75, 3.05) is 60.9 Å². The van der Waals surface area contributed by atoms with Crippen LogP contribution in [0.3, 0.4) is 0 Å². The van der Waals surface area contributed by atoms with Gasteiger partial charge in [0, 0.05) is 56.9 Å². The van der Waals surface area contributed by atoms with E-state index in [2.05, 4.69) is 25.4 Å². The van der Waals surface area contributed by atoms with Crippen LogP contribution in [0.15, 0.2) is 23.7 Å². The van der Waals surface area contributed by atoms with Gasteiger partial charge >= 0.3 is 0 Å². The van der Waals surface area contributed by atoms with Crippen LogP contribution in [0.5, 0.6) is 0 Å². The molecule has 3 aromatic rings. The van der Waals surface area contributed by atoms with Crippen molar-refractivity contribution in [1.82, 2.24) is 20.2 Å². The molecule has 2 amide bonds. The molecule has 40 heavy (non-hydrogen) atoms. The van der Waals surface area contributed by atoms with Gasteiger partial charge in [-0.1, -0.05) is 53.8 Å². The lowest BCUT2D eigenvalue weighted by Crippen LogP contribution is -2.50. The molecule has 13 heteroatoms. The maximum atomic E-state index is 13.2. The van der Waals surface area contributed by atoms with Crippen molar-refractivity contribution >= 4 is 73.6 Å². The first-order valence-electron chi connectivity index (χ1n) is 13.7. The highest BCUT2D eigenvalue weighted by molar-refractivity contribution is 7.21. The monoisotopic (exact) mass is 619 g/mol. The van der Waals surface area contributed by atoms with Crippen molar-refractivity contribution in [2.24, 2.45) is 0 Å². The van der Waals surface area contributed by atoms with Crippen LogP contribution in [0.25, 0.3) is 10.6 Å². The molecule has 3 aliphatic rings. The number of pyridine rings is 1. The molecule has 3 aromatic heterocycles. The Labute approximate surface area is 251 Å². The van der Waals surface area contributed by atoms with Crippen molar-refractivity contribution in [1.29, 1.82) is 0 Å². The molecular weight excluding hydrogens is 589 g/mol. The van der Waals surface area contributed by atoms with Crippen LogP contribution in [0.4, 0.5) is 16.0 Å². The number of carbonyl (C=O) groups is 2. The summed E-state index contributed by atoms with van der Waals surface area (Å²) >= 11 is 15.8. The number of nitrogens with zero attached hydrogens (tertiary/aromatic N) is 5. The Hall–Kier alpha value is -2.44. The van der Waals surface area contributed by atoms with E-state index >= 15 is 0 Å². The van der Waals surface area contributed by atoms with E-state index < -0.39 is 0 Å². The number of hydrogen-bond donors (Lipinski definition) is 2. The fraction of sp³-hybridized carbons (Fsp3) is 0.481. The summed E-state index contributed by atoms with van der Waals surface area (Å²) in [5.74, 6) is 0.0769. The smallest absolute Gasteiger partial charge is 0.259 e. The van der Waals surface area contributed by atoms with Crippen molar-refractivity contribution in [3.05, 3.63) is 39.3 Å². The van der Waals surface area contributed by atoms with Gasteiger partial charge in [0.15, 0.2) is 5.13 Å². The summed E-state index contributed by atoms with van der Waals surface area (Å²) < 4.78 is 0. The second-order valence-corrected chi connectivity index (χ2v) is 13.1. The van der Waals surface area contributed by atoms with Crippen molar-refractivity contribution < 1.29 is 9.59 Å². The fourth-order valence-corrected chi connectivity index (χ4v) is 8.13. The molecular formula is C27H31Cl2N7O2S2. The Balaban J connectivity index is 1.18. The predicted molar refractivity (Wildman–Crippen MR) is 164 cm³/mol. The SMILES string of the molecule is O=C1CN(c2ncc(C(=O)Nc3nc(-c4cc(Cl)cs4)c(N4CCN(C5CCCCC5)CC4)s3)cc2Cl)CCN1. The minimum absolute atomic E-state index is 0.0799. The third-order valence-electron chi connectivity index (χ3n) is 7.74. The average Bonchev–Trinajstić information content (AvgIpc) is 3.59. The van der Waals surface area contributed by atoms with Crippen molar-refractivity contribution in [2.45, 2.75) is 38.1 Å². The van der Waals surface area contributed by atoms with E-state index in [1.165, 1.54) is 49.6 Å². The highest BCUT2D eigenvalue weighted by atomic mass is 35.5. The molecule has 0 radical (unpaired) electrons. The van der Waals surface area contributed by atoms with E-state index in [4.69, 9.17) is 28.2 Å². The number of thiophene rings is 1. The summed E-state index contributed by atoms with van der Waals surface area (Å²) in [7, 11) is 0. The van der Waals surface area contributed by atoms with E-state index in [0.29, 0.717) is 45.7 Å². The fourth-order valence-electron chi connectivity index (χ4n) is 5.69. The molecule has 2 N–H and O–H groups in total. The van der Waals surface area contributed by atoms with Gasteiger partial charge in [0.05, 0.1) is 27.0 Å². The lowest BCUT2D eigenvalue weighted by Gasteiger charge is -2.41. The molecule has 2 aliphatic heterocycles. The molecule has 9 nitrogen and oxygen atoms in total. The molecule has 6 rings (SSSR count). The molecule has 212 valence electrons. The normalized spacial score (nSPS) is 19.1. The van der Waals surface area contributed by atoms with E-state index in [1.807, 2.05) is 16.3 Å². The Morgan fingerprint density at radius 2 is 1.85 bits per heavy atom. The van der Waals surface area contributed by atoms with Gasteiger partial charge in [-0.05, 0) is 25.0 Å². The average molecular weight is 621 g/mol. The molecule has 1 aliphatic carbocycles. The zero-order chi connectivity index (χ0) is 27.6. The first-order valence-corrected chi connectivity index (χ1v) is 16.1. The van der Waals surface area contributed by atoms with Crippen molar-refractivity contribution in [3.8, 4) is 10.6 Å². The van der Waals surface area contributed by atoms with E-state index in [1.54, 1.807) is 17.4 Å². The lowest BCUT2D eigenvalue weighted by molar-refractivity contribution is -0.120. The Morgan fingerprint density at radius 3 is 2.55 bits per heavy atom. The number of aromatic nitrogens is 2. The van der Waals surface area contributed by atoms with Gasteiger partial charge in [0.2, 0.25) is 5.91 Å². The van der Waals surface area contributed by atoms with Gasteiger partial charge in [-0.15, -0.1) is 11.3 Å². The number of carbonyl (C=O) groups excluding carboxylic acids is 2. The zero-order valence-corrected chi connectivity index (χ0v) is 25.1. The molecule has 0 atom stereocenters. The van der Waals surface area contributed by atoms with Crippen LogP contribution in [-0.4, -0.2) is 78.5 Å². The number of nitrogens with one attached hydrogen (secondary N) is 2. The van der Waals surface area contributed by atoms with Gasteiger partial charge in [0.25, 0.3) is 5.91 Å². The molecule has 2 saturated heterocycles. The van der Waals surface area contributed by atoms with Crippen LogP contribution in [0.1, 0.15) is 42.5 Å².